The van der Waals surface area contributed by atoms with E-state index in [0.29, 0.717) is 55.8 Å². The van der Waals surface area contributed by atoms with Crippen molar-refractivity contribution in [2.24, 2.45) is 23.2 Å². The number of amides is 4. The molecule has 0 bridgehead atoms. The molecule has 1 aromatic carbocycles. The van der Waals surface area contributed by atoms with Crippen molar-refractivity contribution < 1.29 is 50.8 Å². The Labute approximate surface area is 337 Å². The Morgan fingerprint density at radius 1 is 1.05 bits per heavy atom. The summed E-state index contributed by atoms with van der Waals surface area (Å²) >= 11 is 0. The molecule has 6 aliphatic rings. The Bertz CT molecular complexity index is 2120. The molecule has 3 aliphatic carbocycles. The Balaban J connectivity index is 0.00000228. The highest BCUT2D eigenvalue weighted by Crippen LogP contribution is 2.48. The molecule has 4 fully saturated rings. The van der Waals surface area contributed by atoms with Gasteiger partial charge >= 0.3 is 6.09 Å². The number of fused-ring (bicyclic) bond motifs is 5. The maximum atomic E-state index is 14.9. The van der Waals surface area contributed by atoms with Gasteiger partial charge in [-0.05, 0) is 88.3 Å². The number of ether oxygens (including phenoxy) is 4. The lowest BCUT2D eigenvalue weighted by Crippen LogP contribution is -2.59. The fraction of sp³-hybridized carbons (Fsp3) is 0.634. The summed E-state index contributed by atoms with van der Waals surface area (Å²) in [5.74, 6) is -1.06. The maximum Gasteiger partial charge on any atom is 0.407 e. The van der Waals surface area contributed by atoms with E-state index in [-0.39, 0.29) is 53.4 Å². The Hall–Kier alpha value is -4.60. The van der Waals surface area contributed by atoms with Crippen molar-refractivity contribution in [2.75, 3.05) is 26.4 Å². The molecule has 4 amide bonds. The summed E-state index contributed by atoms with van der Waals surface area (Å²) in [5.41, 5.74) is -1.59. The molecular weight excluding hydrogens is 755 g/mol. The number of nitrogens with one attached hydrogen (secondary N) is 3. The van der Waals surface area contributed by atoms with Crippen molar-refractivity contribution in [1.82, 2.24) is 25.2 Å². The second-order valence-corrected chi connectivity index (χ2v) is 20.0. The van der Waals surface area contributed by atoms with Crippen LogP contribution in [0.25, 0.3) is 10.8 Å². The van der Waals surface area contributed by atoms with Crippen molar-refractivity contribution in [1.29, 1.82) is 0 Å². The zero-order valence-corrected chi connectivity index (χ0v) is 33.8. The first-order valence-corrected chi connectivity index (χ1v) is 21.7. The van der Waals surface area contributed by atoms with E-state index in [0.717, 1.165) is 24.6 Å². The highest BCUT2D eigenvalue weighted by Gasteiger charge is 2.63. The molecule has 0 spiro atoms. The smallest absolute Gasteiger partial charge is 0.407 e. The highest BCUT2D eigenvalue weighted by atomic mass is 32.2. The van der Waals surface area contributed by atoms with Crippen LogP contribution >= 0.6 is 0 Å². The number of rotatable bonds is 8. The molecule has 3 aliphatic heterocycles. The van der Waals surface area contributed by atoms with Crippen molar-refractivity contribution in [2.45, 2.75) is 114 Å². The van der Waals surface area contributed by atoms with Gasteiger partial charge < -0.3 is 34.5 Å². The number of pyridine rings is 1. The minimum atomic E-state index is -4.00. The number of nitrogens with zero attached hydrogens (tertiary/aromatic N) is 2. The molecule has 15 nitrogen and oxygen atoms in total. The highest BCUT2D eigenvalue weighted by molar-refractivity contribution is 7.91. The average molecular weight is 814 g/mol. The molecular formula is C41H59N5O10S. The van der Waals surface area contributed by atoms with Gasteiger partial charge in [0, 0.05) is 39.0 Å². The first-order valence-electron chi connectivity index (χ1n) is 20.2. The number of sulfonamides is 1. The molecule has 4 heterocycles. The third-order valence-corrected chi connectivity index (χ3v) is 15.0. The second kappa shape index (κ2) is 14.7. The molecule has 16 heteroatoms. The molecule has 2 aromatic rings. The van der Waals surface area contributed by atoms with Crippen LogP contribution in [0.1, 0.15) is 89.8 Å². The van der Waals surface area contributed by atoms with E-state index in [1.165, 1.54) is 4.90 Å². The van der Waals surface area contributed by atoms with E-state index in [2.05, 4.69) is 27.3 Å². The van der Waals surface area contributed by atoms with Gasteiger partial charge in [-0.1, -0.05) is 32.9 Å². The van der Waals surface area contributed by atoms with E-state index in [1.807, 2.05) is 32.1 Å². The van der Waals surface area contributed by atoms with E-state index < -0.39 is 68.2 Å². The topological polar surface area (TPSA) is 192 Å². The van der Waals surface area contributed by atoms with Crippen LogP contribution in [0, 0.1) is 23.2 Å². The molecule has 7 atom stereocenters. The van der Waals surface area contributed by atoms with Crippen LogP contribution in [-0.2, 0) is 29.1 Å². The van der Waals surface area contributed by atoms with Crippen molar-refractivity contribution >= 4 is 44.6 Å². The number of aromatic nitrogens is 1. The SMILES string of the molecule is C[C@H]1CC/C=C\[C@@H]2C[C@@]2(C(=O)NS(=O)(=O)C2(C)CC2)NC(=O)[C@@H]2C[C@@H](Oc3nccc4c5c(ccc34)OCCO5)CN2C(=O)[C@@H](NC(=O)OCC2(C)CC2)[C@H](C)C1.[HH].[HH].[HH]. The van der Waals surface area contributed by atoms with Crippen LogP contribution in [0.3, 0.4) is 0 Å². The monoisotopic (exact) mass is 813 g/mol. The van der Waals surface area contributed by atoms with Crippen LogP contribution in [0.5, 0.6) is 17.4 Å². The Morgan fingerprint density at radius 3 is 2.58 bits per heavy atom. The number of allylic oxidation sites excluding steroid dienone is 1. The summed E-state index contributed by atoms with van der Waals surface area (Å²) in [4.78, 5) is 62.6. The number of alkyl carbamates (subject to hydrolysis) is 1. The van der Waals surface area contributed by atoms with Crippen LogP contribution in [-0.4, -0.2) is 97.0 Å². The summed E-state index contributed by atoms with van der Waals surface area (Å²) < 4.78 is 51.5. The number of hydrogen-bond acceptors (Lipinski definition) is 11. The predicted octanol–water partition coefficient (Wildman–Crippen LogP) is 4.87. The minimum absolute atomic E-state index is 0. The van der Waals surface area contributed by atoms with Gasteiger partial charge in [-0.2, -0.15) is 0 Å². The molecule has 3 saturated carbocycles. The molecule has 3 N–H and O–H groups in total. The van der Waals surface area contributed by atoms with E-state index in [1.54, 1.807) is 25.3 Å². The number of benzene rings is 1. The molecule has 0 unspecified atom stereocenters. The van der Waals surface area contributed by atoms with E-state index >= 15 is 0 Å². The van der Waals surface area contributed by atoms with Crippen LogP contribution < -0.4 is 29.6 Å². The Morgan fingerprint density at radius 2 is 1.82 bits per heavy atom. The predicted molar refractivity (Wildman–Crippen MR) is 214 cm³/mol. The fourth-order valence-corrected chi connectivity index (χ4v) is 9.67. The van der Waals surface area contributed by atoms with Gasteiger partial charge in [-0.15, -0.1) is 0 Å². The molecule has 1 aromatic heterocycles. The number of hydrogen-bond donors (Lipinski definition) is 3. The molecule has 8 rings (SSSR count). The van der Waals surface area contributed by atoms with Gasteiger partial charge in [0.25, 0.3) is 5.91 Å². The van der Waals surface area contributed by atoms with Crippen LogP contribution in [0.4, 0.5) is 4.79 Å². The fourth-order valence-electron chi connectivity index (χ4n) is 8.35. The van der Waals surface area contributed by atoms with Crippen molar-refractivity contribution in [3.63, 3.8) is 0 Å². The van der Waals surface area contributed by atoms with Crippen molar-refractivity contribution in [3.8, 4) is 17.4 Å². The third-order valence-electron chi connectivity index (χ3n) is 12.9. The van der Waals surface area contributed by atoms with Gasteiger partial charge in [0.15, 0.2) is 11.5 Å². The summed E-state index contributed by atoms with van der Waals surface area (Å²) in [5, 5.41) is 7.17. The Kier molecular flexibility index (Phi) is 10.1. The molecule has 1 saturated heterocycles. The summed E-state index contributed by atoms with van der Waals surface area (Å²) in [7, 11) is -4.00. The van der Waals surface area contributed by atoms with Gasteiger partial charge in [0.05, 0.1) is 17.9 Å². The average Bonchev–Trinajstić information content (AvgIpc) is 4.14. The maximum absolute atomic E-state index is 14.9. The third kappa shape index (κ3) is 7.85. The van der Waals surface area contributed by atoms with E-state index in [4.69, 9.17) is 18.9 Å². The van der Waals surface area contributed by atoms with Gasteiger partial charge in [-0.3, -0.25) is 19.1 Å². The first-order chi connectivity index (χ1) is 27.1. The zero-order chi connectivity index (χ0) is 40.3. The molecule has 57 heavy (non-hydrogen) atoms. The van der Waals surface area contributed by atoms with Crippen molar-refractivity contribution in [3.05, 3.63) is 36.5 Å². The van der Waals surface area contributed by atoms with Crippen LogP contribution in [0.15, 0.2) is 36.5 Å². The summed E-state index contributed by atoms with van der Waals surface area (Å²) in [6.45, 7) is 8.67. The summed E-state index contributed by atoms with van der Waals surface area (Å²) in [6.07, 6.45) is 9.10. The quantitative estimate of drug-likeness (QED) is 0.308. The summed E-state index contributed by atoms with van der Waals surface area (Å²) in [6, 6.07) is 3.26. The second-order valence-electron chi connectivity index (χ2n) is 17.8. The lowest BCUT2D eigenvalue weighted by Gasteiger charge is -2.32. The lowest BCUT2D eigenvalue weighted by molar-refractivity contribution is -0.142. The van der Waals surface area contributed by atoms with Crippen LogP contribution in [0.2, 0.25) is 0 Å². The largest absolute Gasteiger partial charge is 0.486 e. The van der Waals surface area contributed by atoms with Gasteiger partial charge in [0.2, 0.25) is 27.7 Å². The van der Waals surface area contributed by atoms with Gasteiger partial charge in [0.1, 0.15) is 36.9 Å². The first kappa shape index (κ1) is 39.2. The minimum Gasteiger partial charge on any atom is -0.486 e. The standard InChI is InChI=1S/C41H53N5O10S.3H2/c1-24-7-5-6-8-26-21-41(26,37(49)45-57(51,52)40(4)14-15-40)44-34(47)30-20-27(56-35-29-9-10-31-33(54-18-17-53-31)28(29)11-16-42-35)22-46(30)36(48)32(25(2)19-24)43-38(50)55-23-39(3)12-13-39;;;/h6,8-11,16,24-27,30,32H,5,7,12-15,17-23H2,1-4H3,(H,43,50)(H,44,47)(H,45,49);3*1H/b8-6-;;;/t24-,25+,26+,27+,30-,32-,41+;;;/m0.../s1. The van der Waals surface area contributed by atoms with E-state index in [9.17, 15) is 27.6 Å². The molecule has 314 valence electrons. The zero-order valence-electron chi connectivity index (χ0n) is 33.0. The number of carbonyl (C=O) groups is 4. The molecule has 0 radical (unpaired) electrons. The lowest BCUT2D eigenvalue weighted by atomic mass is 9.88. The normalized spacial score (nSPS) is 32.0. The van der Waals surface area contributed by atoms with Gasteiger partial charge in [-0.25, -0.2) is 18.2 Å². The number of carbonyl (C=O) groups excluding carboxylic acids is 4.